The molecule has 2 unspecified atom stereocenters. The SMILES string of the molecule is OCC12CCCN1CC1(CCCCO1)C2. The molecule has 0 amide bonds. The van der Waals surface area contributed by atoms with Crippen molar-refractivity contribution in [2.45, 2.75) is 49.7 Å². The molecule has 0 bridgehead atoms. The van der Waals surface area contributed by atoms with Crippen molar-refractivity contribution in [3.63, 3.8) is 0 Å². The van der Waals surface area contributed by atoms with Crippen LogP contribution in [-0.2, 0) is 4.74 Å². The van der Waals surface area contributed by atoms with E-state index in [1.165, 1.54) is 25.7 Å². The highest BCUT2D eigenvalue weighted by molar-refractivity contribution is 5.10. The van der Waals surface area contributed by atoms with Gasteiger partial charge >= 0.3 is 0 Å². The molecule has 3 nitrogen and oxygen atoms in total. The van der Waals surface area contributed by atoms with Gasteiger partial charge in [-0.15, -0.1) is 0 Å². The first kappa shape index (κ1) is 10.1. The summed E-state index contributed by atoms with van der Waals surface area (Å²) in [6.45, 7) is 3.46. The maximum absolute atomic E-state index is 9.64. The summed E-state index contributed by atoms with van der Waals surface area (Å²) in [6, 6.07) is 0. The van der Waals surface area contributed by atoms with Crippen molar-refractivity contribution in [3.8, 4) is 0 Å². The van der Waals surface area contributed by atoms with E-state index in [-0.39, 0.29) is 11.1 Å². The Kier molecular flexibility index (Phi) is 2.31. The number of hydrogen-bond acceptors (Lipinski definition) is 3. The molecule has 0 aromatic heterocycles. The van der Waals surface area contributed by atoms with Crippen LogP contribution < -0.4 is 0 Å². The van der Waals surface area contributed by atoms with E-state index in [0.717, 1.165) is 32.5 Å². The monoisotopic (exact) mass is 211 g/mol. The van der Waals surface area contributed by atoms with Crippen LogP contribution in [0.5, 0.6) is 0 Å². The van der Waals surface area contributed by atoms with E-state index in [0.29, 0.717) is 6.61 Å². The summed E-state index contributed by atoms with van der Waals surface area (Å²) in [5.41, 5.74) is 0.179. The Hall–Kier alpha value is -0.120. The lowest BCUT2D eigenvalue weighted by atomic mass is 9.84. The van der Waals surface area contributed by atoms with Crippen LogP contribution in [0, 0.1) is 0 Å². The van der Waals surface area contributed by atoms with Crippen LogP contribution in [0.2, 0.25) is 0 Å². The average Bonchev–Trinajstić information content (AvgIpc) is 2.74. The molecule has 3 heteroatoms. The van der Waals surface area contributed by atoms with Gasteiger partial charge < -0.3 is 9.84 Å². The van der Waals surface area contributed by atoms with Crippen molar-refractivity contribution >= 4 is 0 Å². The molecule has 2 atom stereocenters. The second-order valence-electron chi connectivity index (χ2n) is 5.57. The molecular formula is C12H21NO2. The van der Waals surface area contributed by atoms with E-state index < -0.39 is 0 Å². The van der Waals surface area contributed by atoms with Crippen molar-refractivity contribution < 1.29 is 9.84 Å². The zero-order valence-electron chi connectivity index (χ0n) is 9.37. The minimum atomic E-state index is 0.0807. The number of fused-ring (bicyclic) bond motifs is 1. The summed E-state index contributed by atoms with van der Waals surface area (Å²) in [4.78, 5) is 2.48. The smallest absolute Gasteiger partial charge is 0.0827 e. The quantitative estimate of drug-likeness (QED) is 0.706. The minimum Gasteiger partial charge on any atom is -0.394 e. The Bertz CT molecular complexity index is 250. The molecule has 3 aliphatic rings. The third kappa shape index (κ3) is 1.44. The number of rotatable bonds is 1. The molecular weight excluding hydrogens is 190 g/mol. The van der Waals surface area contributed by atoms with Gasteiger partial charge in [-0.3, -0.25) is 4.90 Å². The fourth-order valence-electron chi connectivity index (χ4n) is 3.85. The fourth-order valence-corrected chi connectivity index (χ4v) is 3.85. The van der Waals surface area contributed by atoms with Gasteiger partial charge in [0.2, 0.25) is 0 Å². The molecule has 1 N–H and O–H groups in total. The van der Waals surface area contributed by atoms with E-state index in [4.69, 9.17) is 4.74 Å². The number of nitrogens with zero attached hydrogens (tertiary/aromatic N) is 1. The molecule has 3 aliphatic heterocycles. The first-order valence-corrected chi connectivity index (χ1v) is 6.29. The number of ether oxygens (including phenoxy) is 1. The Morgan fingerprint density at radius 3 is 2.80 bits per heavy atom. The van der Waals surface area contributed by atoms with Gasteiger partial charge in [-0.25, -0.2) is 0 Å². The van der Waals surface area contributed by atoms with Crippen LogP contribution in [0.25, 0.3) is 0 Å². The van der Waals surface area contributed by atoms with Crippen LogP contribution in [0.4, 0.5) is 0 Å². The summed E-state index contributed by atoms with van der Waals surface area (Å²) in [5, 5.41) is 9.64. The van der Waals surface area contributed by atoms with Gasteiger partial charge in [-0.2, -0.15) is 0 Å². The van der Waals surface area contributed by atoms with Crippen molar-refractivity contribution in [2.24, 2.45) is 0 Å². The molecule has 0 radical (unpaired) electrons. The summed E-state index contributed by atoms with van der Waals surface area (Å²) < 4.78 is 6.04. The highest BCUT2D eigenvalue weighted by Gasteiger charge is 2.55. The van der Waals surface area contributed by atoms with Gasteiger partial charge in [0, 0.05) is 18.7 Å². The predicted octanol–water partition coefficient (Wildman–Crippen LogP) is 1.16. The van der Waals surface area contributed by atoms with Crippen LogP contribution in [0.1, 0.15) is 38.5 Å². The standard InChI is InChI=1S/C12H21NO2/c14-10-11-4-3-6-13(11)9-12(8-11)5-1-2-7-15-12/h14H,1-10H2. The van der Waals surface area contributed by atoms with Crippen molar-refractivity contribution in [1.82, 2.24) is 4.90 Å². The van der Waals surface area contributed by atoms with Crippen molar-refractivity contribution in [3.05, 3.63) is 0 Å². The zero-order valence-corrected chi connectivity index (χ0v) is 9.37. The maximum atomic E-state index is 9.64. The topological polar surface area (TPSA) is 32.7 Å². The molecule has 3 rings (SSSR count). The highest BCUT2D eigenvalue weighted by atomic mass is 16.5. The van der Waals surface area contributed by atoms with E-state index >= 15 is 0 Å². The van der Waals surface area contributed by atoms with E-state index in [1.54, 1.807) is 0 Å². The van der Waals surface area contributed by atoms with Crippen LogP contribution in [-0.4, -0.2) is 47.4 Å². The normalized spacial score (nSPS) is 46.2. The van der Waals surface area contributed by atoms with Crippen LogP contribution in [0.15, 0.2) is 0 Å². The van der Waals surface area contributed by atoms with E-state index in [2.05, 4.69) is 4.90 Å². The molecule has 1 spiro atoms. The molecule has 15 heavy (non-hydrogen) atoms. The Balaban J connectivity index is 1.81. The van der Waals surface area contributed by atoms with Crippen molar-refractivity contribution in [2.75, 3.05) is 26.3 Å². The third-order valence-electron chi connectivity index (χ3n) is 4.60. The van der Waals surface area contributed by atoms with Crippen molar-refractivity contribution in [1.29, 1.82) is 0 Å². The Labute approximate surface area is 91.4 Å². The Morgan fingerprint density at radius 2 is 2.13 bits per heavy atom. The molecule has 0 aromatic rings. The lowest BCUT2D eigenvalue weighted by Crippen LogP contribution is -2.41. The molecule has 0 aromatic carbocycles. The summed E-state index contributed by atoms with van der Waals surface area (Å²) in [5.74, 6) is 0. The van der Waals surface area contributed by atoms with Gasteiger partial charge in [0.1, 0.15) is 0 Å². The molecule has 3 saturated heterocycles. The fraction of sp³-hybridized carbons (Fsp3) is 1.00. The van der Waals surface area contributed by atoms with Gasteiger partial charge in [-0.05, 0) is 45.1 Å². The third-order valence-corrected chi connectivity index (χ3v) is 4.60. The largest absolute Gasteiger partial charge is 0.394 e. The first-order chi connectivity index (χ1) is 7.29. The number of hydrogen-bond donors (Lipinski definition) is 1. The second-order valence-corrected chi connectivity index (χ2v) is 5.57. The van der Waals surface area contributed by atoms with Gasteiger partial charge in [0.25, 0.3) is 0 Å². The average molecular weight is 211 g/mol. The highest BCUT2D eigenvalue weighted by Crippen LogP contribution is 2.47. The minimum absolute atomic E-state index is 0.0807. The second kappa shape index (κ2) is 3.44. The summed E-state index contributed by atoms with van der Waals surface area (Å²) in [6.07, 6.45) is 7.19. The van der Waals surface area contributed by atoms with Gasteiger partial charge in [0.15, 0.2) is 0 Å². The molecule has 3 fully saturated rings. The molecule has 86 valence electrons. The summed E-state index contributed by atoms with van der Waals surface area (Å²) in [7, 11) is 0. The van der Waals surface area contributed by atoms with E-state index in [1.807, 2.05) is 0 Å². The lowest BCUT2D eigenvalue weighted by Gasteiger charge is -2.34. The predicted molar refractivity (Wildman–Crippen MR) is 57.8 cm³/mol. The summed E-state index contributed by atoms with van der Waals surface area (Å²) >= 11 is 0. The van der Waals surface area contributed by atoms with Crippen LogP contribution in [0.3, 0.4) is 0 Å². The van der Waals surface area contributed by atoms with Gasteiger partial charge in [-0.1, -0.05) is 0 Å². The molecule has 0 aliphatic carbocycles. The lowest BCUT2D eigenvalue weighted by molar-refractivity contribution is -0.0723. The molecule has 0 saturated carbocycles. The first-order valence-electron chi connectivity index (χ1n) is 6.29. The number of aliphatic hydroxyl groups excluding tert-OH is 1. The van der Waals surface area contributed by atoms with E-state index in [9.17, 15) is 5.11 Å². The maximum Gasteiger partial charge on any atom is 0.0827 e. The zero-order chi connectivity index (χ0) is 10.4. The number of aliphatic hydroxyl groups is 1. The Morgan fingerprint density at radius 1 is 1.20 bits per heavy atom. The van der Waals surface area contributed by atoms with Gasteiger partial charge in [0.05, 0.1) is 12.2 Å². The van der Waals surface area contributed by atoms with Crippen LogP contribution >= 0.6 is 0 Å². The molecule has 3 heterocycles.